The molecule has 3 rings (SSSR count). The Hall–Kier alpha value is -2.53. The van der Waals surface area contributed by atoms with Crippen molar-refractivity contribution in [3.63, 3.8) is 0 Å². The maximum atomic E-state index is 12.5. The van der Waals surface area contributed by atoms with E-state index in [1.54, 1.807) is 24.5 Å². The monoisotopic (exact) mass is 432 g/mol. The minimum absolute atomic E-state index is 0.170. The second-order valence-electron chi connectivity index (χ2n) is 7.23. The van der Waals surface area contributed by atoms with E-state index in [-0.39, 0.29) is 10.9 Å². The smallest absolute Gasteiger partial charge is 0.319 e. The van der Waals surface area contributed by atoms with E-state index in [4.69, 9.17) is 0 Å². The molecule has 0 saturated carbocycles. The minimum Gasteiger partial charge on any atom is -0.334 e. The highest BCUT2D eigenvalue weighted by Crippen LogP contribution is 2.14. The number of sulfonamides is 1. The van der Waals surface area contributed by atoms with Crippen molar-refractivity contribution in [2.75, 3.05) is 51.6 Å². The molecule has 0 atom stereocenters. The normalized spacial score (nSPS) is 15.6. The van der Waals surface area contributed by atoms with Gasteiger partial charge in [0.2, 0.25) is 10.0 Å². The number of hydrogen-bond donors (Lipinski definition) is 3. The van der Waals surface area contributed by atoms with Crippen molar-refractivity contribution in [2.45, 2.75) is 11.4 Å². The third-order valence-electron chi connectivity index (χ3n) is 4.94. The molecule has 9 nitrogen and oxygen atoms in total. The van der Waals surface area contributed by atoms with Crippen LogP contribution in [0.2, 0.25) is 0 Å². The molecule has 2 amide bonds. The SMILES string of the molecule is CN1CCN(CCNS(=O)(=O)c2ccc(NC(=O)NCc3ccncc3)cc2)CC1. The molecule has 1 aromatic heterocycles. The largest absolute Gasteiger partial charge is 0.334 e. The zero-order chi connectivity index (χ0) is 21.4. The van der Waals surface area contributed by atoms with Crippen LogP contribution in [0, 0.1) is 0 Å². The second-order valence-corrected chi connectivity index (χ2v) is 9.00. The van der Waals surface area contributed by atoms with E-state index in [2.05, 4.69) is 37.2 Å². The number of amides is 2. The fourth-order valence-corrected chi connectivity index (χ4v) is 4.09. The summed E-state index contributed by atoms with van der Waals surface area (Å²) in [5.41, 5.74) is 1.45. The van der Waals surface area contributed by atoms with Crippen LogP contribution in [0.25, 0.3) is 0 Å². The molecular weight excluding hydrogens is 404 g/mol. The van der Waals surface area contributed by atoms with Crippen molar-refractivity contribution in [3.8, 4) is 0 Å². The Kier molecular flexibility index (Phi) is 7.75. The van der Waals surface area contributed by atoms with E-state index in [1.807, 2.05) is 12.1 Å². The molecule has 30 heavy (non-hydrogen) atoms. The topological polar surface area (TPSA) is 107 Å². The molecule has 1 aliphatic heterocycles. The number of rotatable bonds is 8. The lowest BCUT2D eigenvalue weighted by atomic mass is 10.3. The van der Waals surface area contributed by atoms with Crippen LogP contribution >= 0.6 is 0 Å². The molecule has 10 heteroatoms. The predicted octanol–water partition coefficient (Wildman–Crippen LogP) is 0.929. The molecule has 0 radical (unpaired) electrons. The first-order valence-electron chi connectivity index (χ1n) is 9.87. The second kappa shape index (κ2) is 10.5. The van der Waals surface area contributed by atoms with Gasteiger partial charge in [-0.1, -0.05) is 0 Å². The molecule has 2 heterocycles. The van der Waals surface area contributed by atoms with Gasteiger partial charge in [-0.2, -0.15) is 0 Å². The van der Waals surface area contributed by atoms with Gasteiger partial charge in [0.15, 0.2) is 0 Å². The summed E-state index contributed by atoms with van der Waals surface area (Å²) in [6, 6.07) is 9.37. The van der Waals surface area contributed by atoms with Crippen molar-refractivity contribution >= 4 is 21.7 Å². The Labute approximate surface area is 177 Å². The number of benzene rings is 1. The number of anilines is 1. The van der Waals surface area contributed by atoms with E-state index in [0.29, 0.717) is 25.3 Å². The number of likely N-dealkylation sites (N-methyl/N-ethyl adjacent to an activating group) is 1. The molecule has 0 bridgehead atoms. The maximum absolute atomic E-state index is 12.5. The third-order valence-corrected chi connectivity index (χ3v) is 6.42. The molecule has 0 aliphatic carbocycles. The third kappa shape index (κ3) is 6.77. The van der Waals surface area contributed by atoms with Crippen LogP contribution in [0.3, 0.4) is 0 Å². The van der Waals surface area contributed by atoms with Crippen molar-refractivity contribution < 1.29 is 13.2 Å². The summed E-state index contributed by atoms with van der Waals surface area (Å²) in [5.74, 6) is 0. The number of piperazine rings is 1. The van der Waals surface area contributed by atoms with Gasteiger partial charge in [0.05, 0.1) is 4.90 Å². The van der Waals surface area contributed by atoms with Crippen LogP contribution in [-0.4, -0.2) is 75.5 Å². The quantitative estimate of drug-likeness (QED) is 0.573. The minimum atomic E-state index is -3.58. The van der Waals surface area contributed by atoms with Crippen LogP contribution in [0.4, 0.5) is 10.5 Å². The average Bonchev–Trinajstić information content (AvgIpc) is 2.75. The highest BCUT2D eigenvalue weighted by atomic mass is 32.2. The van der Waals surface area contributed by atoms with Crippen LogP contribution < -0.4 is 15.4 Å². The van der Waals surface area contributed by atoms with E-state index >= 15 is 0 Å². The lowest BCUT2D eigenvalue weighted by Crippen LogP contribution is -2.46. The summed E-state index contributed by atoms with van der Waals surface area (Å²) in [6.07, 6.45) is 3.32. The van der Waals surface area contributed by atoms with Crippen molar-refractivity contribution in [3.05, 3.63) is 54.4 Å². The fourth-order valence-electron chi connectivity index (χ4n) is 3.07. The van der Waals surface area contributed by atoms with E-state index in [9.17, 15) is 13.2 Å². The molecular formula is C20H28N6O3S. The number of carbonyl (C=O) groups excluding carboxylic acids is 1. The molecule has 1 saturated heterocycles. The predicted molar refractivity (Wildman–Crippen MR) is 116 cm³/mol. The molecule has 1 fully saturated rings. The van der Waals surface area contributed by atoms with E-state index in [0.717, 1.165) is 31.7 Å². The summed E-state index contributed by atoms with van der Waals surface area (Å²) >= 11 is 0. The standard InChI is InChI=1S/C20H28N6O3S/c1-25-12-14-26(15-13-25)11-10-23-30(28,29)19-4-2-18(3-5-19)24-20(27)22-16-17-6-8-21-9-7-17/h2-9,23H,10-16H2,1H3,(H2,22,24,27). The number of nitrogens with zero attached hydrogens (tertiary/aromatic N) is 3. The summed E-state index contributed by atoms with van der Waals surface area (Å²) in [7, 11) is -1.50. The Morgan fingerprint density at radius 3 is 2.37 bits per heavy atom. The summed E-state index contributed by atoms with van der Waals surface area (Å²) < 4.78 is 27.6. The zero-order valence-corrected chi connectivity index (χ0v) is 17.9. The van der Waals surface area contributed by atoms with Gasteiger partial charge >= 0.3 is 6.03 Å². The number of hydrogen-bond acceptors (Lipinski definition) is 6. The highest BCUT2D eigenvalue weighted by Gasteiger charge is 2.16. The molecule has 0 unspecified atom stereocenters. The van der Waals surface area contributed by atoms with Gasteiger partial charge in [-0.05, 0) is 49.0 Å². The van der Waals surface area contributed by atoms with Gasteiger partial charge in [0.25, 0.3) is 0 Å². The van der Waals surface area contributed by atoms with Gasteiger partial charge < -0.3 is 15.5 Å². The van der Waals surface area contributed by atoms with Crippen molar-refractivity contribution in [1.29, 1.82) is 0 Å². The lowest BCUT2D eigenvalue weighted by molar-refractivity contribution is 0.156. The van der Waals surface area contributed by atoms with Crippen molar-refractivity contribution in [2.24, 2.45) is 0 Å². The van der Waals surface area contributed by atoms with Gasteiger partial charge in [-0.25, -0.2) is 17.9 Å². The van der Waals surface area contributed by atoms with Crippen molar-refractivity contribution in [1.82, 2.24) is 24.8 Å². The molecule has 162 valence electrons. The van der Waals surface area contributed by atoms with Crippen LogP contribution in [-0.2, 0) is 16.6 Å². The Morgan fingerprint density at radius 2 is 1.70 bits per heavy atom. The molecule has 1 aromatic carbocycles. The Balaban J connectivity index is 1.44. The number of urea groups is 1. The number of pyridine rings is 1. The van der Waals surface area contributed by atoms with Gasteiger partial charge in [0, 0.05) is 63.9 Å². The Bertz CT molecular complexity index is 913. The lowest BCUT2D eigenvalue weighted by Gasteiger charge is -2.32. The molecule has 3 N–H and O–H groups in total. The summed E-state index contributed by atoms with van der Waals surface area (Å²) in [4.78, 5) is 20.6. The van der Waals surface area contributed by atoms with Gasteiger partial charge in [0.1, 0.15) is 0 Å². The zero-order valence-electron chi connectivity index (χ0n) is 17.0. The van der Waals surface area contributed by atoms with Crippen LogP contribution in [0.1, 0.15) is 5.56 Å². The number of nitrogens with one attached hydrogen (secondary N) is 3. The van der Waals surface area contributed by atoms with Crippen LogP contribution in [0.5, 0.6) is 0 Å². The average molecular weight is 433 g/mol. The first-order chi connectivity index (χ1) is 14.4. The first kappa shape index (κ1) is 22.2. The molecule has 0 spiro atoms. The van der Waals surface area contributed by atoms with E-state index in [1.165, 1.54) is 12.1 Å². The molecule has 1 aliphatic rings. The highest BCUT2D eigenvalue weighted by molar-refractivity contribution is 7.89. The van der Waals surface area contributed by atoms with E-state index < -0.39 is 10.0 Å². The number of aromatic nitrogens is 1. The summed E-state index contributed by atoms with van der Waals surface area (Å²) in [6.45, 7) is 5.31. The fraction of sp³-hybridized carbons (Fsp3) is 0.400. The van der Waals surface area contributed by atoms with Gasteiger partial charge in [-0.3, -0.25) is 9.88 Å². The van der Waals surface area contributed by atoms with Crippen LogP contribution in [0.15, 0.2) is 53.7 Å². The van der Waals surface area contributed by atoms with Gasteiger partial charge in [-0.15, -0.1) is 0 Å². The number of carbonyl (C=O) groups is 1. The first-order valence-corrected chi connectivity index (χ1v) is 11.3. The Morgan fingerprint density at radius 1 is 1.03 bits per heavy atom. The maximum Gasteiger partial charge on any atom is 0.319 e. The summed E-state index contributed by atoms with van der Waals surface area (Å²) in [5, 5.41) is 5.43. The molecule has 2 aromatic rings.